The van der Waals surface area contributed by atoms with Crippen molar-refractivity contribution in [3.8, 4) is 0 Å². The maximum absolute atomic E-state index is 11.9. The molecule has 0 fully saturated rings. The van der Waals surface area contributed by atoms with Crippen molar-refractivity contribution in [2.24, 2.45) is 0 Å². The Balaban J connectivity index is 2.53. The lowest BCUT2D eigenvalue weighted by atomic mass is 10.2. The molecule has 16 heavy (non-hydrogen) atoms. The van der Waals surface area contributed by atoms with Gasteiger partial charge in [0, 0.05) is 13.6 Å². The largest absolute Gasteiger partial charge is 0.574 e. The zero-order valence-corrected chi connectivity index (χ0v) is 9.31. The summed E-state index contributed by atoms with van der Waals surface area (Å²) in [4.78, 5) is 1.22. The summed E-state index contributed by atoms with van der Waals surface area (Å²) in [5, 5.41) is -0.587. The molecule has 1 aromatic carbocycles. The number of rotatable bonds is 2. The summed E-state index contributed by atoms with van der Waals surface area (Å²) in [7, 11) is 1.45. The van der Waals surface area contributed by atoms with Crippen molar-refractivity contribution >= 4 is 17.4 Å². The standard InChI is InChI=1S/C10H10F3NOS/c1-14(9(16)15-10(11,12)13)7-8-5-3-2-4-6-8/h2-6H,7H2,1H3. The molecule has 88 valence electrons. The van der Waals surface area contributed by atoms with Gasteiger partial charge in [0.15, 0.2) is 0 Å². The first-order valence-electron chi connectivity index (χ1n) is 4.43. The van der Waals surface area contributed by atoms with Crippen LogP contribution in [-0.2, 0) is 11.3 Å². The van der Waals surface area contributed by atoms with E-state index in [1.807, 2.05) is 6.07 Å². The Hall–Kier alpha value is -1.30. The first-order chi connectivity index (χ1) is 7.38. The van der Waals surface area contributed by atoms with Crippen LogP contribution in [0.25, 0.3) is 0 Å². The molecule has 0 spiro atoms. The molecule has 0 heterocycles. The number of ether oxygens (including phenoxy) is 1. The molecule has 0 unspecified atom stereocenters. The molecule has 0 aliphatic carbocycles. The van der Waals surface area contributed by atoms with Gasteiger partial charge >= 0.3 is 6.36 Å². The van der Waals surface area contributed by atoms with Crippen molar-refractivity contribution < 1.29 is 17.9 Å². The molecule has 0 atom stereocenters. The van der Waals surface area contributed by atoms with Crippen LogP contribution in [0, 0.1) is 0 Å². The van der Waals surface area contributed by atoms with Crippen molar-refractivity contribution in [2.45, 2.75) is 12.9 Å². The van der Waals surface area contributed by atoms with Crippen LogP contribution in [0.5, 0.6) is 0 Å². The van der Waals surface area contributed by atoms with Crippen LogP contribution in [0.4, 0.5) is 13.2 Å². The second-order valence-electron chi connectivity index (χ2n) is 3.16. The van der Waals surface area contributed by atoms with E-state index in [-0.39, 0.29) is 6.54 Å². The summed E-state index contributed by atoms with van der Waals surface area (Å²) in [5.74, 6) is 0. The second kappa shape index (κ2) is 5.16. The fraction of sp³-hybridized carbons (Fsp3) is 0.300. The number of benzene rings is 1. The molecule has 0 saturated carbocycles. The molecule has 0 radical (unpaired) electrons. The highest BCUT2D eigenvalue weighted by Gasteiger charge is 2.33. The van der Waals surface area contributed by atoms with Gasteiger partial charge in [0.1, 0.15) is 0 Å². The third-order valence-electron chi connectivity index (χ3n) is 1.78. The third kappa shape index (κ3) is 4.48. The number of thiocarbonyl (C=S) groups is 1. The van der Waals surface area contributed by atoms with Crippen molar-refractivity contribution in [3.63, 3.8) is 0 Å². The van der Waals surface area contributed by atoms with Gasteiger partial charge in [0.2, 0.25) is 0 Å². The van der Waals surface area contributed by atoms with Gasteiger partial charge in [0.05, 0.1) is 0 Å². The molecule has 1 aromatic rings. The van der Waals surface area contributed by atoms with E-state index in [2.05, 4.69) is 17.0 Å². The molecular weight excluding hydrogens is 239 g/mol. The summed E-state index contributed by atoms with van der Waals surface area (Å²) in [6.07, 6.45) is -4.73. The number of hydrogen-bond donors (Lipinski definition) is 0. The van der Waals surface area contributed by atoms with E-state index in [0.717, 1.165) is 5.56 Å². The van der Waals surface area contributed by atoms with Crippen molar-refractivity contribution in [1.29, 1.82) is 0 Å². The zero-order chi connectivity index (χ0) is 12.2. The fourth-order valence-electron chi connectivity index (χ4n) is 1.10. The van der Waals surface area contributed by atoms with Gasteiger partial charge in [-0.1, -0.05) is 30.3 Å². The molecule has 0 N–H and O–H groups in total. The van der Waals surface area contributed by atoms with Gasteiger partial charge in [-0.2, -0.15) is 0 Å². The van der Waals surface area contributed by atoms with E-state index in [1.54, 1.807) is 24.3 Å². The van der Waals surface area contributed by atoms with Crippen LogP contribution in [0.2, 0.25) is 0 Å². The smallest absolute Gasteiger partial charge is 0.379 e. The third-order valence-corrected chi connectivity index (χ3v) is 2.17. The highest BCUT2D eigenvalue weighted by Crippen LogP contribution is 2.18. The quantitative estimate of drug-likeness (QED) is 0.748. The van der Waals surface area contributed by atoms with Crippen LogP contribution in [0.1, 0.15) is 5.56 Å². The van der Waals surface area contributed by atoms with Crippen LogP contribution < -0.4 is 0 Å². The molecule has 0 aliphatic heterocycles. The summed E-state index contributed by atoms with van der Waals surface area (Å²) in [5.41, 5.74) is 0.859. The van der Waals surface area contributed by atoms with Gasteiger partial charge < -0.3 is 9.64 Å². The Morgan fingerprint density at radius 2 is 1.88 bits per heavy atom. The molecule has 2 nitrogen and oxygen atoms in total. The minimum absolute atomic E-state index is 0.274. The number of nitrogens with zero attached hydrogens (tertiary/aromatic N) is 1. The lowest BCUT2D eigenvalue weighted by Gasteiger charge is -2.20. The first kappa shape index (κ1) is 12.8. The lowest BCUT2D eigenvalue weighted by molar-refractivity contribution is -0.286. The van der Waals surface area contributed by atoms with Crippen LogP contribution in [-0.4, -0.2) is 23.5 Å². The van der Waals surface area contributed by atoms with E-state index < -0.39 is 11.5 Å². The number of hydrogen-bond acceptors (Lipinski definition) is 2. The van der Waals surface area contributed by atoms with E-state index in [4.69, 9.17) is 0 Å². The summed E-state index contributed by atoms with van der Waals surface area (Å²) < 4.78 is 39.2. The van der Waals surface area contributed by atoms with E-state index in [1.165, 1.54) is 11.9 Å². The Kier molecular flexibility index (Phi) is 4.12. The second-order valence-corrected chi connectivity index (χ2v) is 3.50. The van der Waals surface area contributed by atoms with Crippen LogP contribution >= 0.6 is 12.2 Å². The molecule has 0 saturated heterocycles. The van der Waals surface area contributed by atoms with E-state index >= 15 is 0 Å². The fourth-order valence-corrected chi connectivity index (χ4v) is 1.26. The Bertz CT molecular complexity index is 353. The summed E-state index contributed by atoms with van der Waals surface area (Å²) >= 11 is 4.51. The Morgan fingerprint density at radius 3 is 2.38 bits per heavy atom. The minimum atomic E-state index is -4.73. The Labute approximate surface area is 96.6 Å². The summed E-state index contributed by atoms with van der Waals surface area (Å²) in [6, 6.07) is 9.03. The number of alkyl halides is 3. The molecule has 0 bridgehead atoms. The molecule has 6 heteroatoms. The summed E-state index contributed by atoms with van der Waals surface area (Å²) in [6.45, 7) is 0.274. The van der Waals surface area contributed by atoms with E-state index in [9.17, 15) is 13.2 Å². The van der Waals surface area contributed by atoms with Crippen molar-refractivity contribution in [1.82, 2.24) is 4.90 Å². The maximum Gasteiger partial charge on any atom is 0.574 e. The zero-order valence-electron chi connectivity index (χ0n) is 8.49. The SMILES string of the molecule is CN(Cc1ccccc1)C(=S)OC(F)(F)F. The Morgan fingerprint density at radius 1 is 1.31 bits per heavy atom. The highest BCUT2D eigenvalue weighted by molar-refractivity contribution is 7.80. The van der Waals surface area contributed by atoms with Gasteiger partial charge in [-0.3, -0.25) is 0 Å². The van der Waals surface area contributed by atoms with Gasteiger partial charge in [-0.15, -0.1) is 13.2 Å². The molecular formula is C10H10F3NOS. The predicted molar refractivity (Wildman–Crippen MR) is 57.6 cm³/mol. The average Bonchev–Trinajstić information content (AvgIpc) is 2.16. The molecule has 0 aromatic heterocycles. The van der Waals surface area contributed by atoms with Gasteiger partial charge in [0.25, 0.3) is 5.17 Å². The lowest BCUT2D eigenvalue weighted by Crippen LogP contribution is -2.31. The van der Waals surface area contributed by atoms with Gasteiger partial charge in [-0.25, -0.2) is 0 Å². The average molecular weight is 249 g/mol. The van der Waals surface area contributed by atoms with Gasteiger partial charge in [-0.05, 0) is 17.8 Å². The number of halogens is 3. The molecule has 1 rings (SSSR count). The highest BCUT2D eigenvalue weighted by atomic mass is 32.1. The normalized spacial score (nSPS) is 11.0. The van der Waals surface area contributed by atoms with Crippen molar-refractivity contribution in [3.05, 3.63) is 35.9 Å². The van der Waals surface area contributed by atoms with Crippen LogP contribution in [0.3, 0.4) is 0 Å². The predicted octanol–water partition coefficient (Wildman–Crippen LogP) is 2.94. The molecule has 0 amide bonds. The topological polar surface area (TPSA) is 12.5 Å². The maximum atomic E-state index is 11.9. The van der Waals surface area contributed by atoms with Crippen molar-refractivity contribution in [2.75, 3.05) is 7.05 Å². The molecule has 0 aliphatic rings. The minimum Gasteiger partial charge on any atom is -0.379 e. The van der Waals surface area contributed by atoms with Crippen LogP contribution in [0.15, 0.2) is 30.3 Å². The first-order valence-corrected chi connectivity index (χ1v) is 4.84. The van der Waals surface area contributed by atoms with E-state index in [0.29, 0.717) is 0 Å². The monoisotopic (exact) mass is 249 g/mol.